The zero-order valence-corrected chi connectivity index (χ0v) is 20.8. The molecule has 3 aromatic heterocycles. The molecule has 2 bridgehead atoms. The summed E-state index contributed by atoms with van der Waals surface area (Å²) in [5, 5.41) is 3.92. The molecule has 1 aliphatic carbocycles. The van der Waals surface area contributed by atoms with E-state index >= 15 is 0 Å². The first-order chi connectivity index (χ1) is 17.7. The topological polar surface area (TPSA) is 107 Å². The minimum absolute atomic E-state index is 0.166. The molecule has 0 radical (unpaired) electrons. The minimum atomic E-state index is 0.166. The molecule has 188 valence electrons. The molecule has 0 amide bonds. The number of ether oxygens (including phenoxy) is 3. The van der Waals surface area contributed by atoms with Crippen molar-refractivity contribution < 1.29 is 14.2 Å². The molecule has 6 heterocycles. The van der Waals surface area contributed by atoms with Gasteiger partial charge in [-0.15, -0.1) is 0 Å². The summed E-state index contributed by atoms with van der Waals surface area (Å²) in [6.45, 7) is 4.50. The van der Waals surface area contributed by atoms with Gasteiger partial charge in [0.2, 0.25) is 5.95 Å². The molecule has 2 atom stereocenters. The maximum Gasteiger partial charge on any atom is 0.317 e. The average molecular weight is 508 g/mol. The SMILES string of the molecule is c1cc(-c2cnc(Nc3ncc(CN4C[C@H]5C[C@@H]4CO5)cn3)s2)nc(OC2CCC3(CC2)COC3)n1. The first-order valence-corrected chi connectivity index (χ1v) is 13.5. The van der Waals surface area contributed by atoms with E-state index in [1.165, 1.54) is 11.3 Å². The number of nitrogens with one attached hydrogen (secondary N) is 1. The highest BCUT2D eigenvalue weighted by Crippen LogP contribution is 2.43. The molecular weight excluding hydrogens is 478 g/mol. The summed E-state index contributed by atoms with van der Waals surface area (Å²) in [5.74, 6) is 0.532. The maximum absolute atomic E-state index is 6.13. The number of aromatic nitrogens is 5. The molecular formula is C25H29N7O3S. The van der Waals surface area contributed by atoms with Gasteiger partial charge in [0.15, 0.2) is 5.13 Å². The Morgan fingerprint density at radius 1 is 1.11 bits per heavy atom. The number of anilines is 2. The van der Waals surface area contributed by atoms with Gasteiger partial charge in [0, 0.05) is 54.9 Å². The molecule has 36 heavy (non-hydrogen) atoms. The van der Waals surface area contributed by atoms with Gasteiger partial charge >= 0.3 is 6.01 Å². The number of thiazole rings is 1. The van der Waals surface area contributed by atoms with Gasteiger partial charge in [-0.25, -0.2) is 19.9 Å². The van der Waals surface area contributed by atoms with Crippen molar-refractivity contribution in [3.8, 4) is 16.6 Å². The Bertz CT molecular complexity index is 1210. The van der Waals surface area contributed by atoms with Gasteiger partial charge in [-0.3, -0.25) is 4.90 Å². The van der Waals surface area contributed by atoms with Crippen LogP contribution in [0.1, 0.15) is 37.7 Å². The summed E-state index contributed by atoms with van der Waals surface area (Å²) in [6, 6.07) is 2.84. The summed E-state index contributed by atoms with van der Waals surface area (Å²) in [5.41, 5.74) is 2.31. The first-order valence-electron chi connectivity index (χ1n) is 12.7. The van der Waals surface area contributed by atoms with E-state index in [2.05, 4.69) is 35.1 Å². The smallest absolute Gasteiger partial charge is 0.317 e. The van der Waals surface area contributed by atoms with E-state index in [1.54, 1.807) is 12.4 Å². The quantitative estimate of drug-likeness (QED) is 0.511. The zero-order chi connectivity index (χ0) is 24.0. The number of hydrogen-bond donors (Lipinski definition) is 1. The van der Waals surface area contributed by atoms with Crippen LogP contribution in [0.15, 0.2) is 30.9 Å². The summed E-state index contributed by atoms with van der Waals surface area (Å²) >= 11 is 1.50. The van der Waals surface area contributed by atoms with Gasteiger partial charge in [0.1, 0.15) is 6.10 Å². The van der Waals surface area contributed by atoms with E-state index in [4.69, 9.17) is 14.2 Å². The van der Waals surface area contributed by atoms with E-state index in [0.29, 0.717) is 34.7 Å². The molecule has 3 saturated heterocycles. The first kappa shape index (κ1) is 22.5. The molecule has 1 N–H and O–H groups in total. The van der Waals surface area contributed by atoms with Crippen LogP contribution in [0.5, 0.6) is 6.01 Å². The van der Waals surface area contributed by atoms with Crippen molar-refractivity contribution in [2.24, 2.45) is 5.41 Å². The summed E-state index contributed by atoms with van der Waals surface area (Å²) in [7, 11) is 0. The van der Waals surface area contributed by atoms with E-state index in [0.717, 1.165) is 81.1 Å². The molecule has 4 fully saturated rings. The molecule has 1 spiro atoms. The lowest BCUT2D eigenvalue weighted by atomic mass is 9.72. The van der Waals surface area contributed by atoms with E-state index in [9.17, 15) is 0 Å². The monoisotopic (exact) mass is 507 g/mol. The number of rotatable bonds is 7. The van der Waals surface area contributed by atoms with Gasteiger partial charge in [-0.2, -0.15) is 4.98 Å². The zero-order valence-electron chi connectivity index (χ0n) is 20.0. The third-order valence-electron chi connectivity index (χ3n) is 7.80. The van der Waals surface area contributed by atoms with Crippen LogP contribution in [-0.2, 0) is 16.0 Å². The summed E-state index contributed by atoms with van der Waals surface area (Å²) < 4.78 is 17.2. The molecule has 0 unspecified atom stereocenters. The molecule has 1 saturated carbocycles. The standard InChI is InChI=1S/C25H29N7O3S/c1-4-25(14-33-15-25)5-2-18(1)35-23-26-6-3-20(30-23)21-10-29-24(36-21)31-22-27-8-16(9-28-22)11-32-12-19-7-17(32)13-34-19/h3,6,8-10,17-19H,1-2,4-5,7,11-15H2,(H,27,28,29,31)/t17-,19-/m1/s1. The number of likely N-dealkylation sites (tertiary alicyclic amines) is 1. The maximum atomic E-state index is 6.13. The third-order valence-corrected chi connectivity index (χ3v) is 8.73. The molecule has 10 nitrogen and oxygen atoms in total. The van der Waals surface area contributed by atoms with Crippen molar-refractivity contribution in [2.45, 2.75) is 56.9 Å². The van der Waals surface area contributed by atoms with Crippen LogP contribution in [0.4, 0.5) is 11.1 Å². The Hall–Kier alpha value is -2.73. The fourth-order valence-electron chi connectivity index (χ4n) is 5.64. The summed E-state index contributed by atoms with van der Waals surface area (Å²) in [4.78, 5) is 25.9. The van der Waals surface area contributed by atoms with E-state index in [1.807, 2.05) is 18.5 Å². The van der Waals surface area contributed by atoms with Crippen molar-refractivity contribution in [3.05, 3.63) is 36.4 Å². The Balaban J connectivity index is 0.957. The Morgan fingerprint density at radius 3 is 2.69 bits per heavy atom. The van der Waals surface area contributed by atoms with Gasteiger partial charge in [-0.1, -0.05) is 11.3 Å². The Kier molecular flexibility index (Phi) is 5.80. The Labute approximate surface area is 213 Å². The Morgan fingerprint density at radius 2 is 1.97 bits per heavy atom. The van der Waals surface area contributed by atoms with Crippen molar-refractivity contribution in [1.29, 1.82) is 0 Å². The molecule has 3 aromatic rings. The van der Waals surface area contributed by atoms with Crippen molar-refractivity contribution >= 4 is 22.4 Å². The molecule has 7 rings (SSSR count). The lowest BCUT2D eigenvalue weighted by molar-refractivity contribution is -0.140. The molecule has 0 aromatic carbocycles. The number of hydrogen-bond acceptors (Lipinski definition) is 11. The lowest BCUT2D eigenvalue weighted by Gasteiger charge is -2.45. The summed E-state index contributed by atoms with van der Waals surface area (Å²) in [6.07, 6.45) is 13.4. The highest BCUT2D eigenvalue weighted by Gasteiger charge is 2.42. The van der Waals surface area contributed by atoms with Crippen LogP contribution in [0.25, 0.3) is 10.6 Å². The largest absolute Gasteiger partial charge is 0.460 e. The second-order valence-corrected chi connectivity index (χ2v) is 11.4. The van der Waals surface area contributed by atoms with Gasteiger partial charge in [0.25, 0.3) is 0 Å². The average Bonchev–Trinajstić information content (AvgIpc) is 3.63. The van der Waals surface area contributed by atoms with Gasteiger partial charge in [-0.05, 0) is 38.2 Å². The molecule has 3 aliphatic heterocycles. The van der Waals surface area contributed by atoms with Crippen molar-refractivity contribution in [2.75, 3.05) is 31.7 Å². The van der Waals surface area contributed by atoms with Gasteiger partial charge < -0.3 is 19.5 Å². The van der Waals surface area contributed by atoms with Crippen LogP contribution in [0.2, 0.25) is 0 Å². The van der Waals surface area contributed by atoms with Crippen LogP contribution in [0.3, 0.4) is 0 Å². The van der Waals surface area contributed by atoms with E-state index < -0.39 is 0 Å². The van der Waals surface area contributed by atoms with Crippen molar-refractivity contribution in [1.82, 2.24) is 29.8 Å². The fourth-order valence-corrected chi connectivity index (χ4v) is 6.42. The minimum Gasteiger partial charge on any atom is -0.460 e. The normalized spacial score (nSPS) is 25.2. The lowest BCUT2D eigenvalue weighted by Crippen LogP contribution is -2.46. The van der Waals surface area contributed by atoms with E-state index in [-0.39, 0.29) is 6.10 Å². The number of morpholine rings is 1. The second-order valence-electron chi connectivity index (χ2n) is 10.4. The number of nitrogens with zero attached hydrogens (tertiary/aromatic N) is 6. The highest BCUT2D eigenvalue weighted by atomic mass is 32.1. The molecule has 4 aliphatic rings. The molecule has 11 heteroatoms. The predicted molar refractivity (Wildman–Crippen MR) is 133 cm³/mol. The predicted octanol–water partition coefficient (Wildman–Crippen LogP) is 3.44. The van der Waals surface area contributed by atoms with Crippen molar-refractivity contribution in [3.63, 3.8) is 0 Å². The number of fused-ring (bicyclic) bond motifs is 2. The second kappa shape index (κ2) is 9.29. The third kappa shape index (κ3) is 4.56. The van der Waals surface area contributed by atoms with Gasteiger partial charge in [0.05, 0.1) is 36.5 Å². The van der Waals surface area contributed by atoms with Crippen LogP contribution in [-0.4, -0.2) is 74.4 Å². The van der Waals surface area contributed by atoms with Crippen LogP contribution < -0.4 is 10.1 Å². The van der Waals surface area contributed by atoms with Crippen LogP contribution in [0, 0.1) is 5.41 Å². The van der Waals surface area contributed by atoms with Crippen LogP contribution >= 0.6 is 11.3 Å². The fraction of sp³-hybridized carbons (Fsp3) is 0.560. The highest BCUT2D eigenvalue weighted by molar-refractivity contribution is 7.18.